The summed E-state index contributed by atoms with van der Waals surface area (Å²) in [7, 11) is 0. The summed E-state index contributed by atoms with van der Waals surface area (Å²) >= 11 is 12.1. The van der Waals surface area contributed by atoms with Gasteiger partial charge in [-0.2, -0.15) is 0 Å². The molecule has 0 fully saturated rings. The molecule has 0 aliphatic carbocycles. The lowest BCUT2D eigenvalue weighted by atomic mass is 10.2. The second-order valence-corrected chi connectivity index (χ2v) is 5.10. The standard InChI is InChI=1S/C16H15Cl2NO/c1-3-20-16-8-7-13(17)9-12(16)10-19-15-6-4-5-14(18)11(15)2/h4-10H,3H2,1-2H3. The predicted molar refractivity (Wildman–Crippen MR) is 86.1 cm³/mol. The number of hydrogen-bond acceptors (Lipinski definition) is 2. The second-order valence-electron chi connectivity index (χ2n) is 4.26. The number of halogens is 2. The van der Waals surface area contributed by atoms with E-state index < -0.39 is 0 Å². The van der Waals surface area contributed by atoms with E-state index in [1.54, 1.807) is 12.3 Å². The van der Waals surface area contributed by atoms with Crippen LogP contribution in [0.15, 0.2) is 41.4 Å². The van der Waals surface area contributed by atoms with Gasteiger partial charge in [-0.25, -0.2) is 0 Å². The zero-order valence-corrected chi connectivity index (χ0v) is 12.9. The first-order chi connectivity index (χ1) is 9.61. The van der Waals surface area contributed by atoms with Gasteiger partial charge in [-0.15, -0.1) is 0 Å². The molecular weight excluding hydrogens is 293 g/mol. The molecule has 0 saturated carbocycles. The van der Waals surface area contributed by atoms with E-state index in [0.29, 0.717) is 16.7 Å². The van der Waals surface area contributed by atoms with Gasteiger partial charge in [-0.1, -0.05) is 29.3 Å². The van der Waals surface area contributed by atoms with Crippen LogP contribution in [0.2, 0.25) is 10.0 Å². The summed E-state index contributed by atoms with van der Waals surface area (Å²) in [4.78, 5) is 4.47. The van der Waals surface area contributed by atoms with Crippen LogP contribution in [0.25, 0.3) is 0 Å². The molecule has 2 nitrogen and oxygen atoms in total. The average Bonchev–Trinajstić information content (AvgIpc) is 2.43. The van der Waals surface area contributed by atoms with Crippen molar-refractivity contribution in [3.8, 4) is 5.75 Å². The minimum Gasteiger partial charge on any atom is -0.493 e. The fraction of sp³-hybridized carbons (Fsp3) is 0.188. The first-order valence-corrected chi connectivity index (χ1v) is 7.09. The molecule has 0 heterocycles. The van der Waals surface area contributed by atoms with E-state index in [9.17, 15) is 0 Å². The van der Waals surface area contributed by atoms with Gasteiger partial charge in [0.1, 0.15) is 5.75 Å². The summed E-state index contributed by atoms with van der Waals surface area (Å²) in [6, 6.07) is 11.1. The van der Waals surface area contributed by atoms with Gasteiger partial charge in [0.2, 0.25) is 0 Å². The topological polar surface area (TPSA) is 21.6 Å². The summed E-state index contributed by atoms with van der Waals surface area (Å²) < 4.78 is 5.56. The van der Waals surface area contributed by atoms with Crippen LogP contribution in [0.4, 0.5) is 5.69 Å². The Hall–Kier alpha value is -1.51. The van der Waals surface area contributed by atoms with Crippen LogP contribution >= 0.6 is 23.2 Å². The molecule has 0 aromatic heterocycles. The summed E-state index contributed by atoms with van der Waals surface area (Å²) in [6.45, 7) is 4.48. The van der Waals surface area contributed by atoms with Crippen LogP contribution in [0.3, 0.4) is 0 Å². The lowest BCUT2D eigenvalue weighted by Crippen LogP contribution is -1.96. The SMILES string of the molecule is CCOc1ccc(Cl)cc1C=Nc1cccc(Cl)c1C. The minimum atomic E-state index is 0.596. The number of nitrogens with zero attached hydrogens (tertiary/aromatic N) is 1. The van der Waals surface area contributed by atoms with Crippen molar-refractivity contribution in [1.29, 1.82) is 0 Å². The molecule has 0 atom stereocenters. The first kappa shape index (κ1) is 14.9. The molecule has 2 aromatic rings. The molecule has 0 amide bonds. The minimum absolute atomic E-state index is 0.596. The highest BCUT2D eigenvalue weighted by Crippen LogP contribution is 2.27. The van der Waals surface area contributed by atoms with Crippen molar-refractivity contribution < 1.29 is 4.74 Å². The van der Waals surface area contributed by atoms with Gasteiger partial charge >= 0.3 is 0 Å². The number of hydrogen-bond donors (Lipinski definition) is 0. The molecule has 0 spiro atoms. The van der Waals surface area contributed by atoms with Crippen LogP contribution in [0, 0.1) is 6.92 Å². The van der Waals surface area contributed by atoms with E-state index >= 15 is 0 Å². The third-order valence-electron chi connectivity index (χ3n) is 2.85. The van der Waals surface area contributed by atoms with Crippen molar-refractivity contribution in [3.63, 3.8) is 0 Å². The fourth-order valence-electron chi connectivity index (χ4n) is 1.78. The van der Waals surface area contributed by atoms with E-state index in [2.05, 4.69) is 4.99 Å². The molecule has 0 aliphatic rings. The molecule has 2 aromatic carbocycles. The van der Waals surface area contributed by atoms with Crippen molar-refractivity contribution in [1.82, 2.24) is 0 Å². The Balaban J connectivity index is 2.35. The molecule has 0 saturated heterocycles. The number of ether oxygens (including phenoxy) is 1. The molecule has 2 rings (SSSR count). The summed E-state index contributed by atoms with van der Waals surface area (Å²) in [6.07, 6.45) is 1.75. The van der Waals surface area contributed by atoms with Crippen LogP contribution in [-0.4, -0.2) is 12.8 Å². The smallest absolute Gasteiger partial charge is 0.128 e. The lowest BCUT2D eigenvalue weighted by molar-refractivity contribution is 0.340. The number of benzene rings is 2. The van der Waals surface area contributed by atoms with E-state index in [1.807, 2.05) is 44.2 Å². The highest BCUT2D eigenvalue weighted by molar-refractivity contribution is 6.31. The Morgan fingerprint density at radius 3 is 2.75 bits per heavy atom. The van der Waals surface area contributed by atoms with E-state index in [4.69, 9.17) is 27.9 Å². The Morgan fingerprint density at radius 1 is 1.20 bits per heavy atom. The molecule has 0 radical (unpaired) electrons. The van der Waals surface area contributed by atoms with Gasteiger partial charge in [0.05, 0.1) is 12.3 Å². The third kappa shape index (κ3) is 3.53. The Kier molecular flexibility index (Phi) is 5.05. The molecule has 20 heavy (non-hydrogen) atoms. The molecule has 0 N–H and O–H groups in total. The van der Waals surface area contributed by atoms with Gasteiger partial charge in [-0.3, -0.25) is 4.99 Å². The molecule has 104 valence electrons. The van der Waals surface area contributed by atoms with Crippen molar-refractivity contribution in [2.24, 2.45) is 4.99 Å². The fourth-order valence-corrected chi connectivity index (χ4v) is 2.13. The van der Waals surface area contributed by atoms with Crippen LogP contribution in [0.5, 0.6) is 5.75 Å². The number of rotatable bonds is 4. The summed E-state index contributed by atoms with van der Waals surface area (Å²) in [5.74, 6) is 0.764. The van der Waals surface area contributed by atoms with Crippen LogP contribution < -0.4 is 4.74 Å². The van der Waals surface area contributed by atoms with Gasteiger partial charge in [-0.05, 0) is 49.7 Å². The maximum absolute atomic E-state index is 6.08. The van der Waals surface area contributed by atoms with Crippen molar-refractivity contribution in [3.05, 3.63) is 57.6 Å². The normalized spacial score (nSPS) is 11.0. The van der Waals surface area contributed by atoms with E-state index in [1.165, 1.54) is 0 Å². The van der Waals surface area contributed by atoms with Gasteiger partial charge < -0.3 is 4.74 Å². The van der Waals surface area contributed by atoms with Crippen LogP contribution in [0.1, 0.15) is 18.1 Å². The highest BCUT2D eigenvalue weighted by atomic mass is 35.5. The Morgan fingerprint density at radius 2 is 2.00 bits per heavy atom. The Labute approximate surface area is 129 Å². The highest BCUT2D eigenvalue weighted by Gasteiger charge is 2.03. The van der Waals surface area contributed by atoms with Crippen molar-refractivity contribution >= 4 is 35.1 Å². The largest absolute Gasteiger partial charge is 0.493 e. The van der Waals surface area contributed by atoms with Gasteiger partial charge in [0.25, 0.3) is 0 Å². The van der Waals surface area contributed by atoms with Crippen LogP contribution in [-0.2, 0) is 0 Å². The molecule has 4 heteroatoms. The zero-order valence-electron chi connectivity index (χ0n) is 11.4. The van der Waals surface area contributed by atoms with Crippen molar-refractivity contribution in [2.75, 3.05) is 6.61 Å². The monoisotopic (exact) mass is 307 g/mol. The third-order valence-corrected chi connectivity index (χ3v) is 3.50. The lowest BCUT2D eigenvalue weighted by Gasteiger charge is -2.07. The maximum atomic E-state index is 6.08. The second kappa shape index (κ2) is 6.78. The average molecular weight is 308 g/mol. The molecule has 0 unspecified atom stereocenters. The predicted octanol–water partition coefficient (Wildman–Crippen LogP) is 5.45. The van der Waals surface area contributed by atoms with Crippen molar-refractivity contribution in [2.45, 2.75) is 13.8 Å². The first-order valence-electron chi connectivity index (χ1n) is 6.33. The van der Waals surface area contributed by atoms with Gasteiger partial charge in [0.15, 0.2) is 0 Å². The molecular formula is C16H15Cl2NO. The number of aliphatic imine (C=N–C) groups is 1. The quantitative estimate of drug-likeness (QED) is 0.688. The van der Waals surface area contributed by atoms with E-state index in [0.717, 1.165) is 22.6 Å². The van der Waals surface area contributed by atoms with E-state index in [-0.39, 0.29) is 0 Å². The summed E-state index contributed by atoms with van der Waals surface area (Å²) in [5.41, 5.74) is 2.63. The maximum Gasteiger partial charge on any atom is 0.128 e. The zero-order chi connectivity index (χ0) is 14.5. The summed E-state index contributed by atoms with van der Waals surface area (Å²) in [5, 5.41) is 1.36. The Bertz CT molecular complexity index is 638. The van der Waals surface area contributed by atoms with Gasteiger partial charge in [0, 0.05) is 21.8 Å². The molecule has 0 aliphatic heterocycles. The molecule has 0 bridgehead atoms.